The first-order valence-electron chi connectivity index (χ1n) is 12.2. The predicted octanol–water partition coefficient (Wildman–Crippen LogP) is 6.63. The number of thiocarbonyl (C=S) groups is 1. The highest BCUT2D eigenvalue weighted by atomic mass is 32.1. The summed E-state index contributed by atoms with van der Waals surface area (Å²) in [6.07, 6.45) is 10.3. The van der Waals surface area contributed by atoms with Crippen molar-refractivity contribution in [3.05, 3.63) is 35.9 Å². The van der Waals surface area contributed by atoms with Crippen LogP contribution in [0.15, 0.2) is 30.3 Å². The molecular formula is C27H38FNS. The number of benzene rings is 1. The van der Waals surface area contributed by atoms with Crippen LogP contribution >= 0.6 is 12.2 Å². The largest absolute Gasteiger partial charge is 0.327 e. The van der Waals surface area contributed by atoms with Gasteiger partial charge in [0.2, 0.25) is 0 Å². The van der Waals surface area contributed by atoms with Gasteiger partial charge in [0.1, 0.15) is 0 Å². The van der Waals surface area contributed by atoms with E-state index >= 15 is 0 Å². The van der Waals surface area contributed by atoms with Gasteiger partial charge in [0.15, 0.2) is 0 Å². The smallest absolute Gasteiger partial charge is 0.0897 e. The van der Waals surface area contributed by atoms with E-state index < -0.39 is 0 Å². The van der Waals surface area contributed by atoms with Gasteiger partial charge in [-0.15, -0.1) is 0 Å². The average Bonchev–Trinajstić information content (AvgIpc) is 2.72. The SMILES string of the molecule is CC1(C)CC(C(=S)C23CC4CC(c5ccccc5)(CC(C2)C4CCF)C3)CC[C@@H]1N. The van der Waals surface area contributed by atoms with E-state index in [1.165, 1.54) is 42.5 Å². The molecule has 0 aliphatic heterocycles. The van der Waals surface area contributed by atoms with E-state index in [9.17, 15) is 4.39 Å². The Bertz CT molecular complexity index is 786. The third-order valence-electron chi connectivity index (χ3n) is 9.82. The first-order valence-corrected chi connectivity index (χ1v) is 12.6. The van der Waals surface area contributed by atoms with Gasteiger partial charge in [-0.1, -0.05) is 56.4 Å². The third kappa shape index (κ3) is 3.22. The Morgan fingerprint density at radius 1 is 1.03 bits per heavy atom. The summed E-state index contributed by atoms with van der Waals surface area (Å²) in [6, 6.07) is 11.5. The molecule has 0 saturated heterocycles. The molecular weight excluding hydrogens is 389 g/mol. The molecule has 5 fully saturated rings. The maximum absolute atomic E-state index is 13.4. The lowest BCUT2D eigenvalue weighted by Gasteiger charge is -2.66. The van der Waals surface area contributed by atoms with E-state index in [0.717, 1.165) is 25.7 Å². The lowest BCUT2D eigenvalue weighted by molar-refractivity contribution is -0.0860. The molecule has 30 heavy (non-hydrogen) atoms. The van der Waals surface area contributed by atoms with Crippen molar-refractivity contribution in [2.75, 3.05) is 6.67 Å². The Morgan fingerprint density at radius 2 is 1.70 bits per heavy atom. The Labute approximate surface area is 187 Å². The lowest BCUT2D eigenvalue weighted by atomic mass is 9.38. The summed E-state index contributed by atoms with van der Waals surface area (Å²) in [5.41, 5.74) is 8.57. The van der Waals surface area contributed by atoms with Crippen LogP contribution in [-0.4, -0.2) is 17.6 Å². The number of nitrogens with two attached hydrogens (primary N) is 1. The molecule has 0 heterocycles. The van der Waals surface area contributed by atoms with Gasteiger partial charge in [-0.05, 0) is 97.9 Å². The molecule has 3 unspecified atom stereocenters. The molecule has 4 atom stereocenters. The van der Waals surface area contributed by atoms with E-state index in [2.05, 4.69) is 44.2 Å². The molecule has 1 nitrogen and oxygen atoms in total. The van der Waals surface area contributed by atoms with Crippen LogP contribution < -0.4 is 5.73 Å². The molecule has 5 aliphatic carbocycles. The van der Waals surface area contributed by atoms with Crippen LogP contribution in [0.5, 0.6) is 0 Å². The van der Waals surface area contributed by atoms with E-state index in [1.54, 1.807) is 0 Å². The molecule has 0 aromatic heterocycles. The van der Waals surface area contributed by atoms with Gasteiger partial charge in [-0.2, -0.15) is 0 Å². The second kappa shape index (κ2) is 7.37. The number of hydrogen-bond acceptors (Lipinski definition) is 2. The van der Waals surface area contributed by atoms with Crippen molar-refractivity contribution in [1.82, 2.24) is 0 Å². The van der Waals surface area contributed by atoms with Crippen molar-refractivity contribution >= 4 is 17.1 Å². The van der Waals surface area contributed by atoms with Crippen LogP contribution in [0, 0.1) is 34.5 Å². The minimum Gasteiger partial charge on any atom is -0.327 e. The minimum atomic E-state index is -0.165. The standard InChI is InChI=1S/C27H38FNS/c1-25(2)12-18(8-9-23(25)29)24(30)27-15-19-13-26(17-27,21-6-4-3-5-7-21)14-20(16-27)22(19)10-11-28/h3-7,18-20,22-23H,8-17,29H2,1-2H3/t18?,19?,20?,22?,23-,26?,27?/m0/s1. The molecule has 4 bridgehead atoms. The van der Waals surface area contributed by atoms with Crippen molar-refractivity contribution in [3.63, 3.8) is 0 Å². The topological polar surface area (TPSA) is 26.0 Å². The molecule has 3 heteroatoms. The molecule has 2 N–H and O–H groups in total. The summed E-state index contributed by atoms with van der Waals surface area (Å²) in [4.78, 5) is 1.37. The van der Waals surface area contributed by atoms with Crippen molar-refractivity contribution in [3.8, 4) is 0 Å². The van der Waals surface area contributed by atoms with Gasteiger partial charge in [-0.25, -0.2) is 0 Å². The van der Waals surface area contributed by atoms with E-state index in [1.807, 2.05) is 0 Å². The number of halogens is 1. The summed E-state index contributed by atoms with van der Waals surface area (Å²) >= 11 is 6.39. The van der Waals surface area contributed by atoms with Crippen LogP contribution in [0.25, 0.3) is 0 Å². The zero-order valence-corrected chi connectivity index (χ0v) is 19.5. The monoisotopic (exact) mass is 427 g/mol. The fourth-order valence-electron chi connectivity index (χ4n) is 8.58. The molecule has 1 aromatic carbocycles. The Morgan fingerprint density at radius 3 is 2.30 bits per heavy atom. The fourth-order valence-corrected chi connectivity index (χ4v) is 9.02. The quantitative estimate of drug-likeness (QED) is 0.533. The summed E-state index contributed by atoms with van der Waals surface area (Å²) in [6.45, 7) is 4.49. The van der Waals surface area contributed by atoms with Gasteiger partial charge in [0.05, 0.1) is 6.67 Å². The molecule has 5 aliphatic rings. The molecule has 5 saturated carbocycles. The van der Waals surface area contributed by atoms with Crippen LogP contribution in [0.2, 0.25) is 0 Å². The van der Waals surface area contributed by atoms with Crippen molar-refractivity contribution in [1.29, 1.82) is 0 Å². The first kappa shape index (κ1) is 21.1. The van der Waals surface area contributed by atoms with Gasteiger partial charge in [0, 0.05) is 16.3 Å². The molecule has 0 amide bonds. The van der Waals surface area contributed by atoms with Gasteiger partial charge < -0.3 is 5.73 Å². The van der Waals surface area contributed by atoms with E-state index in [4.69, 9.17) is 18.0 Å². The highest BCUT2D eigenvalue weighted by Crippen LogP contribution is 2.69. The number of rotatable bonds is 5. The maximum Gasteiger partial charge on any atom is 0.0897 e. The minimum absolute atomic E-state index is 0.165. The summed E-state index contributed by atoms with van der Waals surface area (Å²) < 4.78 is 13.4. The molecule has 0 radical (unpaired) electrons. The van der Waals surface area contributed by atoms with Crippen molar-refractivity contribution in [2.45, 2.75) is 83.1 Å². The molecule has 6 rings (SSSR count). The van der Waals surface area contributed by atoms with Crippen molar-refractivity contribution in [2.24, 2.45) is 40.2 Å². The Kier molecular flexibility index (Phi) is 5.18. The number of alkyl halides is 1. The summed E-state index contributed by atoms with van der Waals surface area (Å²) in [5.74, 6) is 2.37. The maximum atomic E-state index is 13.4. The normalized spacial score (nSPS) is 44.2. The van der Waals surface area contributed by atoms with Crippen LogP contribution in [-0.2, 0) is 5.41 Å². The Hall–Kier alpha value is -0.800. The second-order valence-corrected chi connectivity index (χ2v) is 12.5. The van der Waals surface area contributed by atoms with Crippen LogP contribution in [0.1, 0.15) is 77.2 Å². The Balaban J connectivity index is 1.49. The highest BCUT2D eigenvalue weighted by molar-refractivity contribution is 7.80. The average molecular weight is 428 g/mol. The lowest BCUT2D eigenvalue weighted by Crippen LogP contribution is -2.61. The van der Waals surface area contributed by atoms with Gasteiger partial charge in [0.25, 0.3) is 0 Å². The first-order chi connectivity index (χ1) is 14.3. The zero-order chi connectivity index (χ0) is 21.1. The number of hydrogen-bond donors (Lipinski definition) is 1. The summed E-state index contributed by atoms with van der Waals surface area (Å²) in [7, 11) is 0. The third-order valence-corrected chi connectivity index (χ3v) is 10.6. The fraction of sp³-hybridized carbons (Fsp3) is 0.741. The van der Waals surface area contributed by atoms with Gasteiger partial charge >= 0.3 is 0 Å². The van der Waals surface area contributed by atoms with Gasteiger partial charge in [-0.3, -0.25) is 4.39 Å². The van der Waals surface area contributed by atoms with E-state index in [-0.39, 0.29) is 29.0 Å². The molecule has 1 aromatic rings. The second-order valence-electron chi connectivity index (χ2n) is 12.0. The summed E-state index contributed by atoms with van der Waals surface area (Å²) in [5, 5.41) is 0. The predicted molar refractivity (Wildman–Crippen MR) is 126 cm³/mol. The molecule has 0 spiro atoms. The van der Waals surface area contributed by atoms with Crippen molar-refractivity contribution < 1.29 is 4.39 Å². The van der Waals surface area contributed by atoms with Crippen LogP contribution in [0.3, 0.4) is 0 Å². The zero-order valence-electron chi connectivity index (χ0n) is 18.7. The van der Waals surface area contributed by atoms with E-state index in [0.29, 0.717) is 23.7 Å². The highest BCUT2D eigenvalue weighted by Gasteiger charge is 2.63. The molecule has 164 valence electrons. The van der Waals surface area contributed by atoms with Crippen LogP contribution in [0.4, 0.5) is 4.39 Å².